The topological polar surface area (TPSA) is 77.7 Å². The van der Waals surface area contributed by atoms with Gasteiger partial charge in [-0.3, -0.25) is 10.1 Å². The molecule has 30 heavy (non-hydrogen) atoms. The Labute approximate surface area is 176 Å². The number of imide groups is 1. The monoisotopic (exact) mass is 407 g/mol. The number of ether oxygens (including phenoxy) is 1. The van der Waals surface area contributed by atoms with Crippen molar-refractivity contribution in [2.45, 2.75) is 20.4 Å². The van der Waals surface area contributed by atoms with Crippen molar-refractivity contribution in [1.82, 2.24) is 15.1 Å². The molecule has 2 amide bonds. The first-order valence-corrected chi connectivity index (χ1v) is 10.1. The van der Waals surface area contributed by atoms with E-state index < -0.39 is 6.09 Å². The minimum Gasteiger partial charge on any atom is -0.450 e. The van der Waals surface area contributed by atoms with E-state index in [1.54, 1.807) is 6.92 Å². The number of nitrogens with one attached hydrogen (secondary N) is 2. The molecular weight excluding hydrogens is 380 g/mol. The Bertz CT molecular complexity index is 971. The van der Waals surface area contributed by atoms with E-state index in [1.165, 1.54) is 0 Å². The smallest absolute Gasteiger partial charge is 0.414 e. The summed E-state index contributed by atoms with van der Waals surface area (Å²) >= 11 is 0. The third kappa shape index (κ3) is 5.55. The van der Waals surface area contributed by atoms with E-state index in [0.29, 0.717) is 6.54 Å². The highest BCUT2D eigenvalue weighted by molar-refractivity contribution is 5.92. The number of aromatic nitrogens is 2. The predicted molar refractivity (Wildman–Crippen MR) is 114 cm³/mol. The zero-order valence-corrected chi connectivity index (χ0v) is 17.3. The van der Waals surface area contributed by atoms with Crippen LogP contribution in [0.15, 0.2) is 66.9 Å². The molecule has 0 saturated heterocycles. The van der Waals surface area contributed by atoms with Gasteiger partial charge in [0.1, 0.15) is 12.2 Å². The Hall–Kier alpha value is -3.45. The van der Waals surface area contributed by atoms with Crippen LogP contribution in [0.25, 0.3) is 16.9 Å². The number of hydrogen-bond acceptors (Lipinski definition) is 4. The van der Waals surface area contributed by atoms with Crippen LogP contribution in [-0.4, -0.2) is 41.5 Å². The number of nitrogens with zero attached hydrogens (tertiary/aromatic N) is 2. The molecule has 3 rings (SSSR count). The van der Waals surface area contributed by atoms with Crippen molar-refractivity contribution in [1.29, 1.82) is 0 Å². The van der Waals surface area contributed by atoms with Crippen molar-refractivity contribution in [2.75, 3.05) is 19.7 Å². The molecule has 156 valence electrons. The summed E-state index contributed by atoms with van der Waals surface area (Å²) in [5.74, 6) is -0.359. The first-order chi connectivity index (χ1) is 14.6. The second-order valence-corrected chi connectivity index (χ2v) is 6.87. The molecule has 1 unspecified atom stereocenters. The molecule has 2 N–H and O–H groups in total. The Morgan fingerprint density at radius 2 is 1.70 bits per heavy atom. The maximum Gasteiger partial charge on any atom is 0.414 e. The normalized spacial score (nSPS) is 11.7. The van der Waals surface area contributed by atoms with Gasteiger partial charge in [-0.25, -0.2) is 9.48 Å². The highest BCUT2D eigenvalue weighted by atomic mass is 16.5. The van der Waals surface area contributed by atoms with Gasteiger partial charge in [0, 0.05) is 11.8 Å². The zero-order chi connectivity index (χ0) is 21.3. The van der Waals surface area contributed by atoms with Crippen molar-refractivity contribution < 1.29 is 19.2 Å². The quantitative estimate of drug-likeness (QED) is 0.600. The Kier molecular flexibility index (Phi) is 7.34. The van der Waals surface area contributed by atoms with Gasteiger partial charge < -0.3 is 9.64 Å². The summed E-state index contributed by atoms with van der Waals surface area (Å²) in [5.41, 5.74) is 3.91. The second kappa shape index (κ2) is 10.4. The largest absolute Gasteiger partial charge is 0.450 e. The Morgan fingerprint density at radius 3 is 2.33 bits per heavy atom. The van der Waals surface area contributed by atoms with Gasteiger partial charge in [-0.2, -0.15) is 5.10 Å². The third-order valence-electron chi connectivity index (χ3n) is 4.73. The number of benzene rings is 2. The molecule has 0 saturated carbocycles. The number of para-hydroxylation sites is 1. The van der Waals surface area contributed by atoms with Crippen LogP contribution < -0.4 is 10.2 Å². The van der Waals surface area contributed by atoms with E-state index in [4.69, 9.17) is 9.84 Å². The molecule has 2 aromatic carbocycles. The molecule has 0 spiro atoms. The van der Waals surface area contributed by atoms with Crippen LogP contribution in [0.4, 0.5) is 4.79 Å². The van der Waals surface area contributed by atoms with Gasteiger partial charge >= 0.3 is 6.09 Å². The maximum absolute atomic E-state index is 12.2. The van der Waals surface area contributed by atoms with Crippen molar-refractivity contribution in [3.8, 4) is 16.9 Å². The van der Waals surface area contributed by atoms with Crippen LogP contribution in [0.3, 0.4) is 0 Å². The lowest BCUT2D eigenvalue weighted by molar-refractivity contribution is -0.904. The van der Waals surface area contributed by atoms with Crippen molar-refractivity contribution in [3.63, 3.8) is 0 Å². The lowest BCUT2D eigenvalue weighted by atomic mass is 10.1. The van der Waals surface area contributed by atoms with E-state index in [0.717, 1.165) is 34.0 Å². The van der Waals surface area contributed by atoms with Gasteiger partial charge in [0.2, 0.25) is 0 Å². The average Bonchev–Trinajstić information content (AvgIpc) is 3.18. The molecule has 1 atom stereocenters. The lowest BCUT2D eigenvalue weighted by Crippen LogP contribution is -3.11. The minimum absolute atomic E-state index is 0.167. The fourth-order valence-electron chi connectivity index (χ4n) is 3.23. The first kappa shape index (κ1) is 21.3. The number of carbonyl (C=O) groups is 2. The number of hydrogen-bond donors (Lipinski definition) is 2. The third-order valence-corrected chi connectivity index (χ3v) is 4.73. The Morgan fingerprint density at radius 1 is 1.03 bits per heavy atom. The van der Waals surface area contributed by atoms with Gasteiger partial charge in [-0.1, -0.05) is 48.5 Å². The number of rotatable bonds is 8. The molecule has 0 bridgehead atoms. The summed E-state index contributed by atoms with van der Waals surface area (Å²) in [6, 6.07) is 19.9. The van der Waals surface area contributed by atoms with Crippen molar-refractivity contribution in [2.24, 2.45) is 0 Å². The molecule has 0 aliphatic rings. The molecular formula is C23H27N4O3+. The number of likely N-dealkylation sites (N-methyl/N-ethyl adjacent to an activating group) is 1. The van der Waals surface area contributed by atoms with E-state index in [1.807, 2.05) is 78.5 Å². The predicted octanol–water partition coefficient (Wildman–Crippen LogP) is 2.22. The van der Waals surface area contributed by atoms with Crippen LogP contribution in [-0.2, 0) is 16.1 Å². The zero-order valence-electron chi connectivity index (χ0n) is 17.3. The van der Waals surface area contributed by atoms with Crippen LogP contribution in [0, 0.1) is 0 Å². The number of amides is 2. The van der Waals surface area contributed by atoms with Gasteiger partial charge in [-0.05, 0) is 26.0 Å². The molecule has 1 aromatic heterocycles. The van der Waals surface area contributed by atoms with Gasteiger partial charge in [0.25, 0.3) is 5.91 Å². The molecule has 0 radical (unpaired) electrons. The van der Waals surface area contributed by atoms with E-state index in [2.05, 4.69) is 5.32 Å². The van der Waals surface area contributed by atoms with E-state index >= 15 is 0 Å². The molecule has 1 heterocycles. The van der Waals surface area contributed by atoms with Gasteiger partial charge in [0.05, 0.1) is 24.4 Å². The molecule has 0 aliphatic heterocycles. The van der Waals surface area contributed by atoms with Crippen LogP contribution >= 0.6 is 0 Å². The van der Waals surface area contributed by atoms with Crippen molar-refractivity contribution >= 4 is 12.0 Å². The molecule has 7 heteroatoms. The maximum atomic E-state index is 12.2. The summed E-state index contributed by atoms with van der Waals surface area (Å²) < 4.78 is 6.65. The van der Waals surface area contributed by atoms with Gasteiger partial charge in [0.15, 0.2) is 6.54 Å². The fraction of sp³-hybridized carbons (Fsp3) is 0.261. The van der Waals surface area contributed by atoms with Crippen LogP contribution in [0.1, 0.15) is 19.4 Å². The first-order valence-electron chi connectivity index (χ1n) is 10.1. The number of carbonyl (C=O) groups excluding carboxylic acids is 2. The summed E-state index contributed by atoms with van der Waals surface area (Å²) in [5, 5.41) is 7.09. The SMILES string of the molecule is CCOC(=O)NC(=O)C[NH+](CC)Cc1cn(-c2ccccc2)nc1-c1ccccc1. The molecule has 0 aliphatic carbocycles. The van der Waals surface area contributed by atoms with Gasteiger partial charge in [-0.15, -0.1) is 0 Å². The summed E-state index contributed by atoms with van der Waals surface area (Å²) in [6.07, 6.45) is 1.30. The summed E-state index contributed by atoms with van der Waals surface area (Å²) in [6.45, 7) is 5.42. The fourth-order valence-corrected chi connectivity index (χ4v) is 3.23. The molecule has 0 fully saturated rings. The highest BCUT2D eigenvalue weighted by Crippen LogP contribution is 2.23. The van der Waals surface area contributed by atoms with E-state index in [-0.39, 0.29) is 19.1 Å². The summed E-state index contributed by atoms with van der Waals surface area (Å²) in [7, 11) is 0. The van der Waals surface area contributed by atoms with E-state index in [9.17, 15) is 9.59 Å². The van der Waals surface area contributed by atoms with Crippen molar-refractivity contribution in [3.05, 3.63) is 72.4 Å². The lowest BCUT2D eigenvalue weighted by Gasteiger charge is -2.17. The molecule has 3 aromatic rings. The van der Waals surface area contributed by atoms with Crippen LogP contribution in [0.2, 0.25) is 0 Å². The summed E-state index contributed by atoms with van der Waals surface area (Å²) in [4.78, 5) is 24.7. The number of quaternary nitrogens is 1. The second-order valence-electron chi connectivity index (χ2n) is 6.87. The van der Waals surface area contributed by atoms with Crippen LogP contribution in [0.5, 0.6) is 0 Å². The molecule has 7 nitrogen and oxygen atoms in total. The minimum atomic E-state index is -0.708. The Balaban J connectivity index is 1.83. The highest BCUT2D eigenvalue weighted by Gasteiger charge is 2.20. The average molecular weight is 407 g/mol. The number of alkyl carbamates (subject to hydrolysis) is 1. The standard InChI is InChI=1S/C23H26N4O3/c1-3-26(17-21(28)24-23(29)30-4-2)15-19-16-27(20-13-9-6-10-14-20)25-22(19)18-11-7-5-8-12-18/h5-14,16H,3-4,15,17H2,1-2H3,(H,24,28,29)/p+1.